The maximum Gasteiger partial charge on any atom is 0.257 e. The summed E-state index contributed by atoms with van der Waals surface area (Å²) in [5.41, 5.74) is 6.22. The number of carbonyl (C=O) groups excluding carboxylic acids is 1. The lowest BCUT2D eigenvalue weighted by atomic mass is 10.1. The number of benzene rings is 2. The Hall–Kier alpha value is -2.35. The summed E-state index contributed by atoms with van der Waals surface area (Å²) in [5.74, 6) is 4.37. The summed E-state index contributed by atoms with van der Waals surface area (Å²) in [4.78, 5) is 12.2. The van der Waals surface area contributed by atoms with Crippen LogP contribution in [0.1, 0.15) is 15.9 Å². The summed E-state index contributed by atoms with van der Waals surface area (Å²) in [6.07, 6.45) is 0. The highest BCUT2D eigenvalue weighted by atomic mass is 35.5. The van der Waals surface area contributed by atoms with E-state index in [1.54, 1.807) is 30.3 Å². The van der Waals surface area contributed by atoms with Crippen LogP contribution in [0.25, 0.3) is 0 Å². The predicted octanol–water partition coefficient (Wildman–Crippen LogP) is 3.04. The lowest BCUT2D eigenvalue weighted by Gasteiger charge is -2.08. The van der Waals surface area contributed by atoms with E-state index in [1.165, 1.54) is 12.1 Å². The molecule has 3 nitrogen and oxygen atoms in total. The minimum atomic E-state index is -0.668. The van der Waals surface area contributed by atoms with Crippen LogP contribution in [0.2, 0.25) is 5.02 Å². The Kier molecular flexibility index (Phi) is 4.94. The van der Waals surface area contributed by atoms with Crippen LogP contribution < -0.4 is 11.1 Å². The summed E-state index contributed by atoms with van der Waals surface area (Å²) in [6.45, 7) is 0.193. The Labute approximate surface area is 126 Å². The number of nitrogens with one attached hydrogen (secondary N) is 1. The Morgan fingerprint density at radius 1 is 1.24 bits per heavy atom. The average Bonchev–Trinajstić information content (AvgIpc) is 2.50. The van der Waals surface area contributed by atoms with Crippen molar-refractivity contribution in [3.63, 3.8) is 0 Å². The molecule has 0 aliphatic heterocycles. The molecule has 2 aromatic rings. The molecule has 0 bridgehead atoms. The highest BCUT2D eigenvalue weighted by Crippen LogP contribution is 2.22. The fourth-order valence-corrected chi connectivity index (χ4v) is 1.90. The molecule has 0 radical (unpaired) electrons. The van der Waals surface area contributed by atoms with Crippen LogP contribution in [-0.2, 0) is 0 Å². The van der Waals surface area contributed by atoms with Crippen molar-refractivity contribution >= 4 is 23.2 Å². The third-order valence-electron chi connectivity index (χ3n) is 2.70. The topological polar surface area (TPSA) is 55.1 Å². The molecule has 21 heavy (non-hydrogen) atoms. The minimum Gasteiger partial charge on any atom is -0.320 e. The highest BCUT2D eigenvalue weighted by Gasteiger charge is 2.13. The molecule has 0 fully saturated rings. The number of amides is 1. The molecule has 0 heterocycles. The van der Waals surface area contributed by atoms with Gasteiger partial charge < -0.3 is 11.1 Å². The number of carbonyl (C=O) groups is 1. The number of halogens is 2. The van der Waals surface area contributed by atoms with Gasteiger partial charge in [-0.15, -0.1) is 0 Å². The Morgan fingerprint density at radius 2 is 2.00 bits per heavy atom. The first-order valence-corrected chi connectivity index (χ1v) is 6.54. The van der Waals surface area contributed by atoms with E-state index in [9.17, 15) is 9.18 Å². The number of anilines is 1. The second-order valence-corrected chi connectivity index (χ2v) is 4.51. The van der Waals surface area contributed by atoms with Crippen molar-refractivity contribution < 1.29 is 9.18 Å². The van der Waals surface area contributed by atoms with E-state index >= 15 is 0 Å². The van der Waals surface area contributed by atoms with Crippen LogP contribution in [0.15, 0.2) is 42.5 Å². The fraction of sp³-hybridized carbons (Fsp3) is 0.0625. The Morgan fingerprint density at radius 3 is 2.76 bits per heavy atom. The van der Waals surface area contributed by atoms with Crippen LogP contribution >= 0.6 is 11.6 Å². The lowest BCUT2D eigenvalue weighted by Crippen LogP contribution is -2.14. The first-order valence-electron chi connectivity index (χ1n) is 6.17. The van der Waals surface area contributed by atoms with Gasteiger partial charge in [0.15, 0.2) is 5.82 Å². The summed E-state index contributed by atoms with van der Waals surface area (Å²) >= 11 is 5.68. The van der Waals surface area contributed by atoms with Gasteiger partial charge in [0.1, 0.15) is 0 Å². The van der Waals surface area contributed by atoms with Gasteiger partial charge in [-0.1, -0.05) is 41.6 Å². The van der Waals surface area contributed by atoms with Gasteiger partial charge in [0.2, 0.25) is 0 Å². The van der Waals surface area contributed by atoms with Crippen LogP contribution in [0.5, 0.6) is 0 Å². The zero-order valence-electron chi connectivity index (χ0n) is 11.0. The van der Waals surface area contributed by atoms with Crippen molar-refractivity contribution in [2.45, 2.75) is 0 Å². The largest absolute Gasteiger partial charge is 0.320 e. The summed E-state index contributed by atoms with van der Waals surface area (Å²) in [5, 5.41) is 2.43. The van der Waals surface area contributed by atoms with Crippen molar-refractivity contribution in [3.05, 3.63) is 64.4 Å². The molecule has 0 spiro atoms. The molecular formula is C16H12ClFN2O. The molecular weight excluding hydrogens is 291 g/mol. The van der Waals surface area contributed by atoms with Crippen LogP contribution in [0, 0.1) is 17.7 Å². The lowest BCUT2D eigenvalue weighted by molar-refractivity contribution is 0.102. The molecule has 5 heteroatoms. The second kappa shape index (κ2) is 6.89. The van der Waals surface area contributed by atoms with Gasteiger partial charge in [0.25, 0.3) is 5.91 Å². The molecule has 0 aromatic heterocycles. The maximum absolute atomic E-state index is 13.8. The first kappa shape index (κ1) is 15.0. The fourth-order valence-electron chi connectivity index (χ4n) is 1.73. The summed E-state index contributed by atoms with van der Waals surface area (Å²) < 4.78 is 13.8. The highest BCUT2D eigenvalue weighted by molar-refractivity contribution is 6.31. The van der Waals surface area contributed by atoms with Crippen LogP contribution in [-0.4, -0.2) is 12.5 Å². The van der Waals surface area contributed by atoms with Crippen molar-refractivity contribution in [3.8, 4) is 11.8 Å². The third-order valence-corrected chi connectivity index (χ3v) is 2.99. The quantitative estimate of drug-likeness (QED) is 0.838. The van der Waals surface area contributed by atoms with Crippen molar-refractivity contribution in [1.29, 1.82) is 0 Å². The minimum absolute atomic E-state index is 0.0223. The normalized spacial score (nSPS) is 9.67. The van der Waals surface area contributed by atoms with Crippen LogP contribution in [0.4, 0.5) is 10.1 Å². The number of rotatable bonds is 2. The van der Waals surface area contributed by atoms with E-state index < -0.39 is 11.7 Å². The number of hydrogen-bond acceptors (Lipinski definition) is 2. The van der Waals surface area contributed by atoms with Crippen molar-refractivity contribution in [2.75, 3.05) is 11.9 Å². The summed E-state index contributed by atoms with van der Waals surface area (Å²) in [7, 11) is 0. The van der Waals surface area contributed by atoms with Gasteiger partial charge in [-0.2, -0.15) is 0 Å². The molecule has 1 amide bonds. The maximum atomic E-state index is 13.8. The number of hydrogen-bond donors (Lipinski definition) is 2. The number of nitrogens with two attached hydrogens (primary N) is 1. The molecule has 2 rings (SSSR count). The summed E-state index contributed by atoms with van der Waals surface area (Å²) in [6, 6.07) is 11.2. The van der Waals surface area contributed by atoms with E-state index in [-0.39, 0.29) is 17.3 Å². The van der Waals surface area contributed by atoms with E-state index in [2.05, 4.69) is 17.2 Å². The smallest absolute Gasteiger partial charge is 0.257 e. The zero-order valence-corrected chi connectivity index (χ0v) is 11.7. The van der Waals surface area contributed by atoms with Gasteiger partial charge in [0, 0.05) is 5.56 Å². The SMILES string of the molecule is NCC#Cc1ccccc1C(=O)Nc1cccc(Cl)c1F. The van der Waals surface area contributed by atoms with Gasteiger partial charge in [0.05, 0.1) is 22.8 Å². The average molecular weight is 303 g/mol. The van der Waals surface area contributed by atoms with Gasteiger partial charge in [-0.25, -0.2) is 4.39 Å². The molecule has 0 aliphatic carbocycles. The third kappa shape index (κ3) is 3.60. The van der Waals surface area contributed by atoms with Crippen LogP contribution in [0.3, 0.4) is 0 Å². The predicted molar refractivity (Wildman–Crippen MR) is 81.7 cm³/mol. The Balaban J connectivity index is 2.31. The van der Waals surface area contributed by atoms with Gasteiger partial charge in [-0.3, -0.25) is 4.79 Å². The Bertz CT molecular complexity index is 735. The molecule has 3 N–H and O–H groups in total. The van der Waals surface area contributed by atoms with Crippen molar-refractivity contribution in [2.24, 2.45) is 5.73 Å². The van der Waals surface area contributed by atoms with E-state index in [0.717, 1.165) is 0 Å². The molecule has 0 atom stereocenters. The molecule has 0 aliphatic rings. The molecule has 0 saturated carbocycles. The molecule has 2 aromatic carbocycles. The van der Waals surface area contributed by atoms with Gasteiger partial charge >= 0.3 is 0 Å². The standard InChI is InChI=1S/C16H12ClFN2O/c17-13-8-3-9-14(15(13)18)20-16(21)12-7-2-1-5-11(12)6-4-10-19/h1-3,5,7-9H,10,19H2,(H,20,21). The molecule has 106 valence electrons. The van der Waals surface area contributed by atoms with Crippen molar-refractivity contribution in [1.82, 2.24) is 0 Å². The van der Waals surface area contributed by atoms with E-state index in [0.29, 0.717) is 11.1 Å². The van der Waals surface area contributed by atoms with Gasteiger partial charge in [-0.05, 0) is 24.3 Å². The molecule has 0 unspecified atom stereocenters. The monoisotopic (exact) mass is 302 g/mol. The second-order valence-electron chi connectivity index (χ2n) is 4.11. The zero-order chi connectivity index (χ0) is 15.2. The van der Waals surface area contributed by atoms with E-state index in [4.69, 9.17) is 17.3 Å². The first-order chi connectivity index (χ1) is 10.1. The van der Waals surface area contributed by atoms with E-state index in [1.807, 2.05) is 0 Å². The molecule has 0 saturated heterocycles.